The predicted molar refractivity (Wildman–Crippen MR) is 79.5 cm³/mol. The maximum absolute atomic E-state index is 11.7. The van der Waals surface area contributed by atoms with E-state index in [-0.39, 0.29) is 11.8 Å². The number of nitrogens with one attached hydrogen (secondary N) is 1. The molecule has 1 fully saturated rings. The van der Waals surface area contributed by atoms with Crippen molar-refractivity contribution < 1.29 is 9.53 Å². The first-order chi connectivity index (χ1) is 9.62. The number of carbonyl (C=O) groups excluding carboxylic acids is 1. The van der Waals surface area contributed by atoms with Crippen molar-refractivity contribution in [1.29, 1.82) is 0 Å². The smallest absolute Gasteiger partial charge is 0.224 e. The van der Waals surface area contributed by atoms with E-state index in [1.165, 1.54) is 0 Å². The molecule has 0 radical (unpaired) electrons. The fraction of sp³-hybridized carbons (Fsp3) is 0.533. The molecule has 1 aliphatic heterocycles. The molecule has 0 bridgehead atoms. The van der Waals surface area contributed by atoms with E-state index in [9.17, 15) is 4.79 Å². The van der Waals surface area contributed by atoms with Crippen LogP contribution in [0.1, 0.15) is 18.4 Å². The highest BCUT2D eigenvalue weighted by Gasteiger charge is 2.24. The first-order valence-electron chi connectivity index (χ1n) is 6.99. The molecule has 0 aromatic heterocycles. The van der Waals surface area contributed by atoms with Gasteiger partial charge in [0.1, 0.15) is 5.75 Å². The van der Waals surface area contributed by atoms with E-state index in [0.717, 1.165) is 43.8 Å². The summed E-state index contributed by atoms with van der Waals surface area (Å²) >= 11 is 0. The quantitative estimate of drug-likeness (QED) is 0.812. The van der Waals surface area contributed by atoms with Crippen molar-refractivity contribution in [3.63, 3.8) is 0 Å². The molecule has 1 atom stereocenters. The number of benzene rings is 1. The van der Waals surface area contributed by atoms with Crippen molar-refractivity contribution in [3.8, 4) is 5.75 Å². The van der Waals surface area contributed by atoms with Crippen LogP contribution < -0.4 is 15.8 Å². The van der Waals surface area contributed by atoms with Gasteiger partial charge in [-0.05, 0) is 37.1 Å². The van der Waals surface area contributed by atoms with Crippen molar-refractivity contribution in [2.45, 2.75) is 19.4 Å². The number of likely N-dealkylation sites (tertiary alicyclic amines) is 1. The third-order valence-electron chi connectivity index (χ3n) is 3.75. The second-order valence-electron chi connectivity index (χ2n) is 5.30. The summed E-state index contributed by atoms with van der Waals surface area (Å²) in [7, 11) is 3.34. The molecule has 5 heteroatoms. The zero-order valence-corrected chi connectivity index (χ0v) is 12.2. The number of nitrogens with zero attached hydrogens (tertiary/aromatic N) is 1. The zero-order chi connectivity index (χ0) is 14.5. The number of nitrogens with two attached hydrogens (primary N) is 1. The largest absolute Gasteiger partial charge is 0.497 e. The second kappa shape index (κ2) is 6.61. The number of rotatable bonds is 4. The SMILES string of the molecule is CNC(=O)C1CCCN(Cc2cc(N)cc(OC)c2)C1. The standard InChI is InChI=1S/C15H23N3O2/c1-17-15(19)12-4-3-5-18(10-12)9-11-6-13(16)8-14(7-11)20-2/h6-8,12H,3-5,9-10,16H2,1-2H3,(H,17,19). The molecule has 20 heavy (non-hydrogen) atoms. The Hall–Kier alpha value is -1.75. The van der Waals surface area contributed by atoms with Crippen molar-refractivity contribution in [2.75, 3.05) is 33.0 Å². The van der Waals surface area contributed by atoms with Crippen molar-refractivity contribution in [2.24, 2.45) is 5.92 Å². The summed E-state index contributed by atoms with van der Waals surface area (Å²) in [5, 5.41) is 2.74. The van der Waals surface area contributed by atoms with Gasteiger partial charge in [-0.2, -0.15) is 0 Å². The summed E-state index contributed by atoms with van der Waals surface area (Å²) in [4.78, 5) is 14.0. The molecule has 1 aromatic carbocycles. The topological polar surface area (TPSA) is 67.6 Å². The summed E-state index contributed by atoms with van der Waals surface area (Å²) < 4.78 is 5.24. The molecule has 1 aromatic rings. The van der Waals surface area contributed by atoms with E-state index in [1.54, 1.807) is 14.2 Å². The average molecular weight is 277 g/mol. The van der Waals surface area contributed by atoms with E-state index in [2.05, 4.69) is 10.2 Å². The molecule has 1 amide bonds. The molecule has 5 nitrogen and oxygen atoms in total. The Kier molecular flexibility index (Phi) is 4.84. The van der Waals surface area contributed by atoms with Crippen LogP contribution >= 0.6 is 0 Å². The summed E-state index contributed by atoms with van der Waals surface area (Å²) in [5.74, 6) is 1.01. The Balaban J connectivity index is 2.02. The zero-order valence-electron chi connectivity index (χ0n) is 12.2. The van der Waals surface area contributed by atoms with Gasteiger partial charge in [0.05, 0.1) is 13.0 Å². The minimum Gasteiger partial charge on any atom is -0.497 e. The molecule has 1 unspecified atom stereocenters. The Morgan fingerprint density at radius 1 is 1.50 bits per heavy atom. The van der Waals surface area contributed by atoms with Crippen molar-refractivity contribution in [1.82, 2.24) is 10.2 Å². The van der Waals surface area contributed by atoms with Crippen LogP contribution in [0, 0.1) is 5.92 Å². The van der Waals surface area contributed by atoms with Gasteiger partial charge >= 0.3 is 0 Å². The summed E-state index contributed by atoms with van der Waals surface area (Å²) in [6.07, 6.45) is 2.02. The molecule has 3 N–H and O–H groups in total. The lowest BCUT2D eigenvalue weighted by molar-refractivity contribution is -0.126. The fourth-order valence-electron chi connectivity index (χ4n) is 2.77. The third kappa shape index (κ3) is 3.63. The highest BCUT2D eigenvalue weighted by atomic mass is 16.5. The normalized spacial score (nSPS) is 19.6. The molecular formula is C15H23N3O2. The van der Waals surface area contributed by atoms with Gasteiger partial charge in [0.2, 0.25) is 5.91 Å². The minimum absolute atomic E-state index is 0.0942. The fourth-order valence-corrected chi connectivity index (χ4v) is 2.77. The number of carbonyl (C=O) groups is 1. The molecule has 0 aliphatic carbocycles. The summed E-state index contributed by atoms with van der Waals surface area (Å²) in [5.41, 5.74) is 7.71. The number of amides is 1. The van der Waals surface area contributed by atoms with Crippen LogP contribution in [0.15, 0.2) is 18.2 Å². The molecule has 1 heterocycles. The Bertz CT molecular complexity index is 476. The lowest BCUT2D eigenvalue weighted by atomic mass is 9.96. The third-order valence-corrected chi connectivity index (χ3v) is 3.75. The van der Waals surface area contributed by atoms with Crippen LogP contribution in [0.25, 0.3) is 0 Å². The summed E-state index contributed by atoms with van der Waals surface area (Å²) in [6, 6.07) is 5.78. The van der Waals surface area contributed by atoms with Gasteiger partial charge in [-0.25, -0.2) is 0 Å². The van der Waals surface area contributed by atoms with Gasteiger partial charge in [0, 0.05) is 31.9 Å². The average Bonchev–Trinajstić information content (AvgIpc) is 2.46. The number of methoxy groups -OCH3 is 1. The van der Waals surface area contributed by atoms with Crippen molar-refractivity contribution >= 4 is 11.6 Å². The molecule has 0 spiro atoms. The van der Waals surface area contributed by atoms with E-state index in [1.807, 2.05) is 18.2 Å². The maximum atomic E-state index is 11.7. The number of piperidine rings is 1. The van der Waals surface area contributed by atoms with Gasteiger partial charge in [0.15, 0.2) is 0 Å². The maximum Gasteiger partial charge on any atom is 0.224 e. The number of anilines is 1. The van der Waals surface area contributed by atoms with E-state index >= 15 is 0 Å². The molecule has 1 aliphatic rings. The second-order valence-corrected chi connectivity index (χ2v) is 5.30. The van der Waals surface area contributed by atoms with Crippen LogP contribution in [-0.2, 0) is 11.3 Å². The first kappa shape index (κ1) is 14.7. The van der Waals surface area contributed by atoms with Gasteiger partial charge in [-0.1, -0.05) is 0 Å². The molecule has 2 rings (SSSR count). The highest BCUT2D eigenvalue weighted by molar-refractivity contribution is 5.78. The number of ether oxygens (including phenoxy) is 1. The van der Waals surface area contributed by atoms with Crippen LogP contribution in [0.2, 0.25) is 0 Å². The molecule has 1 saturated heterocycles. The lowest BCUT2D eigenvalue weighted by Crippen LogP contribution is -2.41. The van der Waals surface area contributed by atoms with Crippen LogP contribution in [-0.4, -0.2) is 38.1 Å². The summed E-state index contributed by atoms with van der Waals surface area (Å²) in [6.45, 7) is 2.62. The molecular weight excluding hydrogens is 254 g/mol. The van der Waals surface area contributed by atoms with E-state index < -0.39 is 0 Å². The Labute approximate surface area is 120 Å². The monoisotopic (exact) mass is 277 g/mol. The van der Waals surface area contributed by atoms with Crippen molar-refractivity contribution in [3.05, 3.63) is 23.8 Å². The van der Waals surface area contributed by atoms with E-state index in [4.69, 9.17) is 10.5 Å². The van der Waals surface area contributed by atoms with Crippen LogP contribution in [0.4, 0.5) is 5.69 Å². The lowest BCUT2D eigenvalue weighted by Gasteiger charge is -2.31. The number of hydrogen-bond donors (Lipinski definition) is 2. The predicted octanol–water partition coefficient (Wildman–Crippen LogP) is 1.24. The first-order valence-corrected chi connectivity index (χ1v) is 6.99. The molecule has 110 valence electrons. The highest BCUT2D eigenvalue weighted by Crippen LogP contribution is 2.22. The van der Waals surface area contributed by atoms with Gasteiger partial charge in [-0.3, -0.25) is 9.69 Å². The van der Waals surface area contributed by atoms with Gasteiger partial charge < -0.3 is 15.8 Å². The molecule has 0 saturated carbocycles. The van der Waals surface area contributed by atoms with Crippen LogP contribution in [0.3, 0.4) is 0 Å². The number of hydrogen-bond acceptors (Lipinski definition) is 4. The van der Waals surface area contributed by atoms with Gasteiger partial charge in [-0.15, -0.1) is 0 Å². The minimum atomic E-state index is 0.0942. The Morgan fingerprint density at radius 3 is 3.00 bits per heavy atom. The van der Waals surface area contributed by atoms with Crippen LogP contribution in [0.5, 0.6) is 5.75 Å². The van der Waals surface area contributed by atoms with E-state index in [0.29, 0.717) is 5.69 Å². The Morgan fingerprint density at radius 2 is 2.30 bits per heavy atom. The number of nitrogen functional groups attached to an aromatic ring is 1. The van der Waals surface area contributed by atoms with Gasteiger partial charge in [0.25, 0.3) is 0 Å².